The Morgan fingerprint density at radius 1 is 1.17 bits per heavy atom. The maximum atomic E-state index is 13.0. The third-order valence-corrected chi connectivity index (χ3v) is 4.99. The lowest BCUT2D eigenvalue weighted by Gasteiger charge is -2.22. The number of carbonyl (C=O) groups excluding carboxylic acids is 2. The van der Waals surface area contributed by atoms with Gasteiger partial charge in [-0.1, -0.05) is 47.1 Å². The molecule has 29 heavy (non-hydrogen) atoms. The van der Waals surface area contributed by atoms with E-state index in [1.54, 1.807) is 20.1 Å². The average molecular weight is 392 g/mol. The summed E-state index contributed by atoms with van der Waals surface area (Å²) in [6.07, 6.45) is 0. The molecule has 2 heterocycles. The van der Waals surface area contributed by atoms with Gasteiger partial charge < -0.3 is 14.6 Å². The maximum absolute atomic E-state index is 13.0. The Morgan fingerprint density at radius 3 is 2.66 bits per heavy atom. The Hall–Kier alpha value is -3.68. The Kier molecular flexibility index (Phi) is 4.54. The monoisotopic (exact) mass is 392 g/mol. The molecule has 1 aromatic heterocycles. The molecule has 2 aromatic carbocycles. The molecule has 148 valence electrons. The van der Waals surface area contributed by atoms with Crippen molar-refractivity contribution in [1.29, 1.82) is 0 Å². The van der Waals surface area contributed by atoms with Crippen LogP contribution in [0, 0.1) is 6.92 Å². The van der Waals surface area contributed by atoms with Gasteiger partial charge in [-0.05, 0) is 31.5 Å². The first-order valence-electron chi connectivity index (χ1n) is 9.09. The van der Waals surface area contributed by atoms with Crippen molar-refractivity contribution in [3.05, 3.63) is 65.5 Å². The maximum Gasteiger partial charge on any atom is 0.325 e. The molecule has 0 radical (unpaired) electrons. The summed E-state index contributed by atoms with van der Waals surface area (Å²) < 4.78 is 10.5. The van der Waals surface area contributed by atoms with Crippen molar-refractivity contribution in [2.75, 3.05) is 7.11 Å². The van der Waals surface area contributed by atoms with Crippen molar-refractivity contribution in [1.82, 2.24) is 20.4 Å². The molecule has 1 unspecified atom stereocenters. The fourth-order valence-corrected chi connectivity index (χ4v) is 3.26. The zero-order valence-corrected chi connectivity index (χ0v) is 16.3. The van der Waals surface area contributed by atoms with Gasteiger partial charge in [0.25, 0.3) is 5.91 Å². The van der Waals surface area contributed by atoms with Gasteiger partial charge in [0.05, 0.1) is 7.11 Å². The quantitative estimate of drug-likeness (QED) is 0.671. The van der Waals surface area contributed by atoms with Crippen molar-refractivity contribution in [2.45, 2.75) is 25.9 Å². The minimum absolute atomic E-state index is 0.108. The molecule has 1 N–H and O–H groups in total. The molecule has 0 saturated carbocycles. The van der Waals surface area contributed by atoms with E-state index in [1.165, 1.54) is 0 Å². The van der Waals surface area contributed by atoms with Crippen LogP contribution in [0.2, 0.25) is 0 Å². The molecular weight excluding hydrogens is 372 g/mol. The first-order valence-corrected chi connectivity index (χ1v) is 9.09. The minimum atomic E-state index is -1.14. The molecule has 3 aromatic rings. The zero-order chi connectivity index (χ0) is 20.6. The van der Waals surface area contributed by atoms with E-state index in [4.69, 9.17) is 9.26 Å². The van der Waals surface area contributed by atoms with Crippen molar-refractivity contribution < 1.29 is 18.8 Å². The number of hydrogen-bond acceptors (Lipinski definition) is 6. The number of aryl methyl sites for hydroxylation is 1. The number of carbonyl (C=O) groups is 2. The summed E-state index contributed by atoms with van der Waals surface area (Å²) in [5.74, 6) is 0.816. The molecule has 3 amide bonds. The van der Waals surface area contributed by atoms with Crippen LogP contribution in [0.15, 0.2) is 53.1 Å². The van der Waals surface area contributed by atoms with Gasteiger partial charge in [0.15, 0.2) is 0 Å². The van der Waals surface area contributed by atoms with Gasteiger partial charge in [0, 0.05) is 5.56 Å². The average Bonchev–Trinajstić information content (AvgIpc) is 3.28. The van der Waals surface area contributed by atoms with Crippen molar-refractivity contribution in [3.63, 3.8) is 0 Å². The van der Waals surface area contributed by atoms with Crippen LogP contribution in [0.25, 0.3) is 11.4 Å². The van der Waals surface area contributed by atoms with Crippen LogP contribution >= 0.6 is 0 Å². The largest absolute Gasteiger partial charge is 0.497 e. The van der Waals surface area contributed by atoms with E-state index in [0.717, 1.165) is 10.5 Å². The standard InChI is InChI=1S/C21H20N4O4/c1-13-7-9-15(10-8-13)21(2)19(26)25(20(27)23-21)12-17-22-18(24-29-17)14-5-4-6-16(11-14)28-3/h4-11H,12H2,1-3H3,(H,23,27). The van der Waals surface area contributed by atoms with Gasteiger partial charge >= 0.3 is 6.03 Å². The van der Waals surface area contributed by atoms with Gasteiger partial charge in [-0.15, -0.1) is 0 Å². The Bertz CT molecular complexity index is 1080. The van der Waals surface area contributed by atoms with Crippen molar-refractivity contribution in [2.24, 2.45) is 0 Å². The van der Waals surface area contributed by atoms with Gasteiger partial charge in [0.2, 0.25) is 11.7 Å². The fourth-order valence-electron chi connectivity index (χ4n) is 3.26. The summed E-state index contributed by atoms with van der Waals surface area (Å²) >= 11 is 0. The molecule has 1 fully saturated rings. The molecule has 8 heteroatoms. The number of rotatable bonds is 5. The molecule has 0 aliphatic carbocycles. The highest BCUT2D eigenvalue weighted by molar-refractivity contribution is 6.07. The summed E-state index contributed by atoms with van der Waals surface area (Å²) in [7, 11) is 1.57. The highest BCUT2D eigenvalue weighted by Gasteiger charge is 2.49. The number of ether oxygens (including phenoxy) is 1. The second-order valence-corrected chi connectivity index (χ2v) is 7.06. The number of benzene rings is 2. The van der Waals surface area contributed by atoms with Crippen LogP contribution in [-0.2, 0) is 16.9 Å². The molecule has 1 aliphatic heterocycles. The van der Waals surface area contributed by atoms with Gasteiger partial charge in [-0.2, -0.15) is 4.98 Å². The Labute approximate surface area is 167 Å². The van der Waals surface area contributed by atoms with Gasteiger partial charge in [-0.3, -0.25) is 9.69 Å². The SMILES string of the molecule is COc1cccc(-c2noc(CN3C(=O)NC(C)(c4ccc(C)cc4)C3=O)n2)c1. The lowest BCUT2D eigenvalue weighted by Crippen LogP contribution is -2.40. The van der Waals surface area contributed by atoms with Crippen LogP contribution in [0.4, 0.5) is 4.79 Å². The number of urea groups is 1. The first-order chi connectivity index (χ1) is 13.9. The third-order valence-electron chi connectivity index (χ3n) is 4.99. The lowest BCUT2D eigenvalue weighted by atomic mass is 9.91. The van der Waals surface area contributed by atoms with Crippen LogP contribution in [0.5, 0.6) is 5.75 Å². The van der Waals surface area contributed by atoms with Crippen LogP contribution < -0.4 is 10.1 Å². The highest BCUT2D eigenvalue weighted by atomic mass is 16.5. The van der Waals surface area contributed by atoms with E-state index in [-0.39, 0.29) is 18.3 Å². The minimum Gasteiger partial charge on any atom is -0.497 e. The van der Waals surface area contributed by atoms with E-state index in [2.05, 4.69) is 15.5 Å². The van der Waals surface area contributed by atoms with Crippen molar-refractivity contribution in [3.8, 4) is 17.1 Å². The summed E-state index contributed by atoms with van der Waals surface area (Å²) in [5, 5.41) is 6.72. The number of nitrogens with one attached hydrogen (secondary N) is 1. The summed E-state index contributed by atoms with van der Waals surface area (Å²) in [4.78, 5) is 30.9. The third kappa shape index (κ3) is 3.33. The molecule has 1 aliphatic rings. The van der Waals surface area contributed by atoms with E-state index < -0.39 is 11.6 Å². The van der Waals surface area contributed by atoms with E-state index in [1.807, 2.05) is 49.4 Å². The van der Waals surface area contributed by atoms with Crippen LogP contribution in [0.3, 0.4) is 0 Å². The second-order valence-electron chi connectivity index (χ2n) is 7.06. The predicted octanol–water partition coefficient (Wildman–Crippen LogP) is 3.02. The predicted molar refractivity (Wildman–Crippen MR) is 104 cm³/mol. The smallest absolute Gasteiger partial charge is 0.325 e. The second kappa shape index (κ2) is 7.05. The summed E-state index contributed by atoms with van der Waals surface area (Å²) in [6, 6.07) is 14.2. The molecule has 1 atom stereocenters. The molecule has 4 rings (SSSR count). The molecule has 1 saturated heterocycles. The van der Waals surface area contributed by atoms with Gasteiger partial charge in [0.1, 0.15) is 17.8 Å². The van der Waals surface area contributed by atoms with Crippen molar-refractivity contribution >= 4 is 11.9 Å². The Balaban J connectivity index is 1.55. The van der Waals surface area contributed by atoms with Gasteiger partial charge in [-0.25, -0.2) is 4.79 Å². The lowest BCUT2D eigenvalue weighted by molar-refractivity contribution is -0.131. The van der Waals surface area contributed by atoms with Crippen LogP contribution in [0.1, 0.15) is 23.9 Å². The molecule has 0 bridgehead atoms. The molecular formula is C21H20N4O4. The number of amides is 3. The topological polar surface area (TPSA) is 97.6 Å². The highest BCUT2D eigenvalue weighted by Crippen LogP contribution is 2.30. The molecule has 0 spiro atoms. The number of imide groups is 1. The Morgan fingerprint density at radius 2 is 1.93 bits per heavy atom. The van der Waals surface area contributed by atoms with E-state index in [9.17, 15) is 9.59 Å². The zero-order valence-electron chi connectivity index (χ0n) is 16.3. The number of aromatic nitrogens is 2. The number of methoxy groups -OCH3 is 1. The number of hydrogen-bond donors (Lipinski definition) is 1. The van der Waals surface area contributed by atoms with E-state index >= 15 is 0 Å². The molecule has 8 nitrogen and oxygen atoms in total. The summed E-state index contributed by atoms with van der Waals surface area (Å²) in [6.45, 7) is 3.54. The fraction of sp³-hybridized carbons (Fsp3) is 0.238. The van der Waals surface area contributed by atoms with Crippen LogP contribution in [-0.4, -0.2) is 34.1 Å². The normalized spacial score (nSPS) is 18.8. The number of nitrogens with zero attached hydrogens (tertiary/aromatic N) is 3. The first kappa shape index (κ1) is 18.7. The summed E-state index contributed by atoms with van der Waals surface area (Å²) in [5.41, 5.74) is 1.36. The van der Waals surface area contributed by atoms with E-state index in [0.29, 0.717) is 22.7 Å².